The smallest absolute Gasteiger partial charge is 0.208 e. The van der Waals surface area contributed by atoms with E-state index in [1.165, 1.54) is 18.2 Å². The average Bonchev–Trinajstić information content (AvgIpc) is 2.37. The molecule has 0 saturated heterocycles. The lowest BCUT2D eigenvalue weighted by Crippen LogP contribution is -2.33. The highest BCUT2D eigenvalue weighted by Crippen LogP contribution is 2.23. The lowest BCUT2D eigenvalue weighted by molar-refractivity contribution is 0.445. The Balaban J connectivity index is 2.92. The Morgan fingerprint density at radius 3 is 2.55 bits per heavy atom. The van der Waals surface area contributed by atoms with E-state index in [0.29, 0.717) is 11.5 Å². The molecule has 0 saturated carbocycles. The number of benzene rings is 1. The molecule has 2 unspecified atom stereocenters. The van der Waals surface area contributed by atoms with Crippen LogP contribution in [0.15, 0.2) is 23.1 Å². The summed E-state index contributed by atoms with van der Waals surface area (Å²) in [6, 6.07) is 5.92. The van der Waals surface area contributed by atoms with E-state index in [0.717, 1.165) is 12.8 Å². The minimum Gasteiger partial charge on any atom is -0.208 e. The number of sulfonamides is 1. The molecule has 0 heterocycles. The molecule has 0 aromatic heterocycles. The Kier molecular flexibility index (Phi) is 6.00. The highest BCUT2D eigenvalue weighted by atomic mass is 35.5. The second-order valence-corrected chi connectivity index (χ2v) is 7.12. The predicted octanol–water partition coefficient (Wildman–Crippen LogP) is 3.31. The fraction of sp³-hybridized carbons (Fsp3) is 0.500. The normalized spacial score (nSPS) is 14.6. The van der Waals surface area contributed by atoms with Crippen LogP contribution in [0.5, 0.6) is 0 Å². The summed E-state index contributed by atoms with van der Waals surface area (Å²) in [5, 5.41) is 8.82. The van der Waals surface area contributed by atoms with Crippen LogP contribution in [0.3, 0.4) is 0 Å². The Labute approximate surface area is 125 Å². The summed E-state index contributed by atoms with van der Waals surface area (Å²) in [6.07, 6.45) is 1.77. The highest BCUT2D eigenvalue weighted by Gasteiger charge is 2.21. The lowest BCUT2D eigenvalue weighted by Gasteiger charge is -2.18. The van der Waals surface area contributed by atoms with Gasteiger partial charge in [-0.05, 0) is 37.5 Å². The third-order valence-corrected chi connectivity index (χ3v) is 5.23. The van der Waals surface area contributed by atoms with Crippen LogP contribution >= 0.6 is 11.6 Å². The van der Waals surface area contributed by atoms with Crippen LogP contribution < -0.4 is 4.72 Å². The van der Waals surface area contributed by atoms with Crippen molar-refractivity contribution < 1.29 is 8.42 Å². The second kappa shape index (κ2) is 7.07. The molecular formula is C14H19ClN2O2S. The first-order valence-corrected chi connectivity index (χ1v) is 8.38. The Morgan fingerprint density at radius 2 is 2.05 bits per heavy atom. The molecule has 1 aromatic rings. The van der Waals surface area contributed by atoms with Gasteiger partial charge in [0.1, 0.15) is 4.90 Å². The molecule has 1 aromatic carbocycles. The number of hydrogen-bond donors (Lipinski definition) is 1. The Hall–Kier alpha value is -1.09. The van der Waals surface area contributed by atoms with Crippen LogP contribution in [0.25, 0.3) is 0 Å². The van der Waals surface area contributed by atoms with Crippen molar-refractivity contribution in [1.29, 1.82) is 5.26 Å². The summed E-state index contributed by atoms with van der Waals surface area (Å²) < 4.78 is 27.1. The SMILES string of the molecule is CCC(C)CC(C)NS(=O)(=O)c1ccc(C#N)cc1Cl. The molecule has 4 nitrogen and oxygen atoms in total. The molecule has 0 spiro atoms. The van der Waals surface area contributed by atoms with Crippen molar-refractivity contribution in [3.05, 3.63) is 28.8 Å². The number of hydrogen-bond acceptors (Lipinski definition) is 3. The van der Waals surface area contributed by atoms with Crippen LogP contribution in [0.1, 0.15) is 39.2 Å². The molecule has 0 amide bonds. The monoisotopic (exact) mass is 314 g/mol. The van der Waals surface area contributed by atoms with E-state index in [2.05, 4.69) is 18.6 Å². The van der Waals surface area contributed by atoms with Gasteiger partial charge in [-0.3, -0.25) is 0 Å². The summed E-state index contributed by atoms with van der Waals surface area (Å²) in [5.41, 5.74) is 0.335. The standard InChI is InChI=1S/C14H19ClN2O2S/c1-4-10(2)7-11(3)17-20(18,19)14-6-5-12(9-16)8-13(14)15/h5-6,8,10-11,17H,4,7H2,1-3H3. The minimum absolute atomic E-state index is 0.00849. The number of nitriles is 1. The van der Waals surface area contributed by atoms with E-state index in [-0.39, 0.29) is 16.0 Å². The van der Waals surface area contributed by atoms with Crippen molar-refractivity contribution in [3.63, 3.8) is 0 Å². The van der Waals surface area contributed by atoms with E-state index >= 15 is 0 Å². The summed E-state index contributed by atoms with van der Waals surface area (Å²) in [5.74, 6) is 0.448. The average molecular weight is 315 g/mol. The first-order chi connectivity index (χ1) is 9.30. The maximum Gasteiger partial charge on any atom is 0.242 e. The molecule has 2 atom stereocenters. The molecular weight excluding hydrogens is 296 g/mol. The maximum absolute atomic E-state index is 12.3. The number of rotatable bonds is 6. The molecule has 20 heavy (non-hydrogen) atoms. The van der Waals surface area contributed by atoms with Gasteiger partial charge >= 0.3 is 0 Å². The van der Waals surface area contributed by atoms with Crippen LogP contribution in [-0.2, 0) is 10.0 Å². The number of halogens is 1. The van der Waals surface area contributed by atoms with Gasteiger partial charge in [-0.2, -0.15) is 5.26 Å². The van der Waals surface area contributed by atoms with Crippen molar-refractivity contribution in [1.82, 2.24) is 4.72 Å². The minimum atomic E-state index is -3.66. The maximum atomic E-state index is 12.3. The Bertz CT molecular complexity index is 608. The molecule has 0 bridgehead atoms. The molecule has 1 rings (SSSR count). The lowest BCUT2D eigenvalue weighted by atomic mass is 10.0. The first kappa shape index (κ1) is 17.0. The fourth-order valence-electron chi connectivity index (χ4n) is 1.93. The first-order valence-electron chi connectivity index (χ1n) is 6.52. The predicted molar refractivity (Wildman–Crippen MR) is 80.0 cm³/mol. The largest absolute Gasteiger partial charge is 0.242 e. The second-order valence-electron chi connectivity index (χ2n) is 5.03. The van der Waals surface area contributed by atoms with Crippen molar-refractivity contribution in [2.45, 2.75) is 44.6 Å². The van der Waals surface area contributed by atoms with Crippen molar-refractivity contribution in [2.24, 2.45) is 5.92 Å². The van der Waals surface area contributed by atoms with Gasteiger partial charge in [-0.15, -0.1) is 0 Å². The fourth-order valence-corrected chi connectivity index (χ4v) is 3.74. The molecule has 0 radical (unpaired) electrons. The van der Waals surface area contributed by atoms with E-state index < -0.39 is 10.0 Å². The summed E-state index contributed by atoms with van der Waals surface area (Å²) in [7, 11) is -3.66. The van der Waals surface area contributed by atoms with E-state index in [9.17, 15) is 8.42 Å². The van der Waals surface area contributed by atoms with Crippen molar-refractivity contribution in [3.8, 4) is 6.07 Å². The van der Waals surface area contributed by atoms with Crippen LogP contribution in [0.4, 0.5) is 0 Å². The van der Waals surface area contributed by atoms with Crippen LogP contribution in [-0.4, -0.2) is 14.5 Å². The van der Waals surface area contributed by atoms with Crippen LogP contribution in [0.2, 0.25) is 5.02 Å². The topological polar surface area (TPSA) is 70.0 Å². The molecule has 0 aliphatic carbocycles. The van der Waals surface area contributed by atoms with Gasteiger partial charge in [0.05, 0.1) is 16.7 Å². The molecule has 1 N–H and O–H groups in total. The van der Waals surface area contributed by atoms with Gasteiger partial charge < -0.3 is 0 Å². The van der Waals surface area contributed by atoms with E-state index in [4.69, 9.17) is 16.9 Å². The zero-order chi connectivity index (χ0) is 15.3. The molecule has 0 aliphatic rings. The van der Waals surface area contributed by atoms with Gasteiger partial charge in [-0.25, -0.2) is 13.1 Å². The van der Waals surface area contributed by atoms with Gasteiger partial charge in [-0.1, -0.05) is 31.9 Å². The van der Waals surface area contributed by atoms with E-state index in [1.807, 2.05) is 13.0 Å². The number of nitrogens with one attached hydrogen (secondary N) is 1. The third kappa shape index (κ3) is 4.48. The highest BCUT2D eigenvalue weighted by molar-refractivity contribution is 7.89. The van der Waals surface area contributed by atoms with Crippen LogP contribution in [0, 0.1) is 17.2 Å². The zero-order valence-corrected chi connectivity index (χ0v) is 13.4. The molecule has 0 fully saturated rings. The van der Waals surface area contributed by atoms with Gasteiger partial charge in [0.25, 0.3) is 0 Å². The summed E-state index contributed by atoms with van der Waals surface area (Å²) >= 11 is 5.94. The van der Waals surface area contributed by atoms with E-state index in [1.54, 1.807) is 0 Å². The molecule has 110 valence electrons. The quantitative estimate of drug-likeness (QED) is 0.875. The van der Waals surface area contributed by atoms with Crippen molar-refractivity contribution >= 4 is 21.6 Å². The Morgan fingerprint density at radius 1 is 1.40 bits per heavy atom. The summed E-state index contributed by atoms with van der Waals surface area (Å²) in [4.78, 5) is 0.00849. The molecule has 0 aliphatic heterocycles. The number of nitrogens with zero attached hydrogens (tertiary/aromatic N) is 1. The van der Waals surface area contributed by atoms with Gasteiger partial charge in [0.15, 0.2) is 0 Å². The summed E-state index contributed by atoms with van der Waals surface area (Å²) in [6.45, 7) is 5.99. The molecule has 6 heteroatoms. The zero-order valence-electron chi connectivity index (χ0n) is 11.9. The van der Waals surface area contributed by atoms with Gasteiger partial charge in [0, 0.05) is 6.04 Å². The van der Waals surface area contributed by atoms with Gasteiger partial charge in [0.2, 0.25) is 10.0 Å². The third-order valence-electron chi connectivity index (χ3n) is 3.16. The van der Waals surface area contributed by atoms with Crippen molar-refractivity contribution in [2.75, 3.05) is 0 Å².